The van der Waals surface area contributed by atoms with Crippen molar-refractivity contribution in [2.75, 3.05) is 19.6 Å². The molecule has 120 valence electrons. The monoisotopic (exact) mass is 293 g/mol. The smallest absolute Gasteiger partial charge is 0.0866 e. The van der Waals surface area contributed by atoms with Crippen LogP contribution in [0.4, 0.5) is 0 Å². The number of hydrogen-bond acceptors (Lipinski definition) is 4. The molecule has 1 aliphatic heterocycles. The lowest BCUT2D eigenvalue weighted by atomic mass is 9.86. The summed E-state index contributed by atoms with van der Waals surface area (Å²) in [7, 11) is 0. The van der Waals surface area contributed by atoms with Crippen LogP contribution in [-0.4, -0.2) is 47.8 Å². The van der Waals surface area contributed by atoms with E-state index in [9.17, 15) is 5.11 Å². The fourth-order valence-corrected chi connectivity index (χ4v) is 3.86. The van der Waals surface area contributed by atoms with Gasteiger partial charge in [-0.3, -0.25) is 4.90 Å². The van der Waals surface area contributed by atoms with Gasteiger partial charge in [0.1, 0.15) is 0 Å². The van der Waals surface area contributed by atoms with Gasteiger partial charge in [-0.15, -0.1) is 0 Å². The third-order valence-corrected chi connectivity index (χ3v) is 5.08. The van der Waals surface area contributed by atoms with E-state index in [1.165, 1.54) is 25.7 Å². The molecule has 0 amide bonds. The van der Waals surface area contributed by atoms with Crippen molar-refractivity contribution >= 4 is 0 Å². The van der Waals surface area contributed by atoms with E-state index in [1.54, 1.807) is 0 Å². The molecule has 3 atom stereocenters. The van der Waals surface area contributed by atoms with Gasteiger partial charge in [-0.05, 0) is 37.5 Å². The van der Waals surface area contributed by atoms with E-state index in [2.05, 4.69) is 30.1 Å². The van der Waals surface area contributed by atoms with E-state index >= 15 is 0 Å². The van der Waals surface area contributed by atoms with Crippen molar-refractivity contribution in [2.45, 2.75) is 70.6 Å². The van der Waals surface area contributed by atoms with Gasteiger partial charge >= 0.3 is 0 Å². The lowest BCUT2D eigenvalue weighted by molar-refractivity contribution is 0.0638. The predicted molar refractivity (Wildman–Crippen MR) is 84.8 cm³/mol. The van der Waals surface area contributed by atoms with Gasteiger partial charge in [0.25, 0.3) is 0 Å². The number of aliphatic hydroxyl groups excluding tert-OH is 1. The molecule has 2 N–H and O–H groups in total. The molecule has 1 aliphatic carbocycles. The first-order chi connectivity index (χ1) is 10.1. The van der Waals surface area contributed by atoms with Crippen LogP contribution >= 0.6 is 0 Å². The summed E-state index contributed by atoms with van der Waals surface area (Å²) in [4.78, 5) is 2.26. The fraction of sp³-hybridized carbons (Fsp3) is 0.941. The van der Waals surface area contributed by atoms with Crippen LogP contribution < -0.4 is 5.32 Å². The summed E-state index contributed by atoms with van der Waals surface area (Å²) in [5.41, 5.74) is 0. The Bertz CT molecular complexity index is 334. The van der Waals surface area contributed by atoms with Crippen molar-refractivity contribution in [1.82, 2.24) is 10.2 Å². The number of nitrogens with zero attached hydrogens (tertiary/aromatic N) is 2. The van der Waals surface area contributed by atoms with Crippen LogP contribution in [0.2, 0.25) is 0 Å². The molecule has 0 radical (unpaired) electrons. The van der Waals surface area contributed by atoms with Gasteiger partial charge in [-0.2, -0.15) is 5.26 Å². The van der Waals surface area contributed by atoms with Crippen LogP contribution in [0.3, 0.4) is 0 Å². The highest BCUT2D eigenvalue weighted by atomic mass is 16.3. The Labute approximate surface area is 129 Å². The predicted octanol–water partition coefficient (Wildman–Crippen LogP) is 2.14. The summed E-state index contributed by atoms with van der Waals surface area (Å²) in [5.74, 6) is 0.820. The molecule has 4 heteroatoms. The average Bonchev–Trinajstić information content (AvgIpc) is 2.91. The van der Waals surface area contributed by atoms with Gasteiger partial charge in [0.2, 0.25) is 0 Å². The molecule has 2 fully saturated rings. The minimum atomic E-state index is -0.218. The highest BCUT2D eigenvalue weighted by molar-refractivity contribution is 4.90. The van der Waals surface area contributed by atoms with Gasteiger partial charge in [0.05, 0.1) is 18.7 Å². The van der Waals surface area contributed by atoms with E-state index < -0.39 is 0 Å². The van der Waals surface area contributed by atoms with E-state index in [-0.39, 0.29) is 6.10 Å². The third-order valence-electron chi connectivity index (χ3n) is 5.08. The van der Waals surface area contributed by atoms with E-state index in [4.69, 9.17) is 5.26 Å². The molecular weight excluding hydrogens is 262 g/mol. The highest BCUT2D eigenvalue weighted by Gasteiger charge is 2.30. The number of nitrogens with one attached hydrogen (secondary N) is 1. The molecule has 3 unspecified atom stereocenters. The molecule has 2 aliphatic rings. The second-order valence-corrected chi connectivity index (χ2v) is 7.35. The van der Waals surface area contributed by atoms with E-state index in [0.29, 0.717) is 30.5 Å². The maximum absolute atomic E-state index is 10.2. The number of hydrogen-bond donors (Lipinski definition) is 2. The molecule has 4 nitrogen and oxygen atoms in total. The minimum Gasteiger partial charge on any atom is -0.393 e. The molecule has 2 rings (SSSR count). The summed E-state index contributed by atoms with van der Waals surface area (Å²) in [5, 5.41) is 23.0. The second-order valence-electron chi connectivity index (χ2n) is 7.35. The standard InChI is InChI=1S/C17H31N3O/c1-13(2)17(21)10-14-9-16(12-20(11-14)8-7-18)19-15-5-3-4-6-15/h13-17,19,21H,3-6,8-12H2,1-2H3. The zero-order valence-electron chi connectivity index (χ0n) is 13.6. The molecule has 1 saturated carbocycles. The SMILES string of the molecule is CC(C)C(O)CC1CC(NC2CCCC2)CN(CC#N)C1. The average molecular weight is 293 g/mol. The van der Waals surface area contributed by atoms with Crippen LogP contribution in [0.1, 0.15) is 52.4 Å². The van der Waals surface area contributed by atoms with E-state index in [1.807, 2.05) is 0 Å². The van der Waals surface area contributed by atoms with Gasteiger partial charge in [-0.25, -0.2) is 0 Å². The van der Waals surface area contributed by atoms with E-state index in [0.717, 1.165) is 25.9 Å². The quantitative estimate of drug-likeness (QED) is 0.737. The molecule has 0 aromatic heterocycles. The maximum atomic E-state index is 10.2. The summed E-state index contributed by atoms with van der Waals surface area (Å²) in [6, 6.07) is 3.44. The molecule has 0 spiro atoms. The van der Waals surface area contributed by atoms with Crippen molar-refractivity contribution in [2.24, 2.45) is 11.8 Å². The number of piperidine rings is 1. The Morgan fingerprint density at radius 2 is 1.95 bits per heavy atom. The van der Waals surface area contributed by atoms with Crippen molar-refractivity contribution < 1.29 is 5.11 Å². The summed E-state index contributed by atoms with van der Waals surface area (Å²) < 4.78 is 0. The Morgan fingerprint density at radius 3 is 2.57 bits per heavy atom. The zero-order valence-corrected chi connectivity index (χ0v) is 13.6. The number of likely N-dealkylation sites (tertiary alicyclic amines) is 1. The number of aliphatic hydroxyl groups is 1. The first-order valence-corrected chi connectivity index (χ1v) is 8.62. The van der Waals surface area contributed by atoms with Gasteiger partial charge in [0, 0.05) is 25.2 Å². The first-order valence-electron chi connectivity index (χ1n) is 8.62. The van der Waals surface area contributed by atoms with Gasteiger partial charge < -0.3 is 10.4 Å². The molecule has 1 saturated heterocycles. The van der Waals surface area contributed by atoms with Crippen molar-refractivity contribution in [3.05, 3.63) is 0 Å². The largest absolute Gasteiger partial charge is 0.393 e. The van der Waals surface area contributed by atoms with Crippen LogP contribution in [-0.2, 0) is 0 Å². The topological polar surface area (TPSA) is 59.3 Å². The lowest BCUT2D eigenvalue weighted by Crippen LogP contribution is -2.52. The highest BCUT2D eigenvalue weighted by Crippen LogP contribution is 2.26. The molecule has 1 heterocycles. The van der Waals surface area contributed by atoms with Crippen LogP contribution in [0, 0.1) is 23.2 Å². The van der Waals surface area contributed by atoms with Crippen molar-refractivity contribution in [3.8, 4) is 6.07 Å². The Kier molecular flexibility index (Phi) is 6.47. The molecule has 0 aromatic carbocycles. The summed E-state index contributed by atoms with van der Waals surface area (Å²) in [6.07, 6.45) is 7.08. The Hall–Kier alpha value is -0.630. The Balaban J connectivity index is 1.89. The fourth-order valence-electron chi connectivity index (χ4n) is 3.86. The summed E-state index contributed by atoms with van der Waals surface area (Å²) in [6.45, 7) is 6.61. The van der Waals surface area contributed by atoms with Crippen molar-refractivity contribution in [1.29, 1.82) is 5.26 Å². The molecule has 0 aromatic rings. The molecule has 0 bridgehead atoms. The third kappa shape index (κ3) is 5.25. The molecular formula is C17H31N3O. The van der Waals surface area contributed by atoms with Crippen molar-refractivity contribution in [3.63, 3.8) is 0 Å². The number of rotatable bonds is 6. The normalized spacial score (nSPS) is 29.7. The maximum Gasteiger partial charge on any atom is 0.0866 e. The first kappa shape index (κ1) is 16.7. The van der Waals surface area contributed by atoms with Gasteiger partial charge in [-0.1, -0.05) is 26.7 Å². The second kappa shape index (κ2) is 8.12. The van der Waals surface area contributed by atoms with Crippen LogP contribution in [0.5, 0.6) is 0 Å². The summed E-state index contributed by atoms with van der Waals surface area (Å²) >= 11 is 0. The Morgan fingerprint density at radius 1 is 1.24 bits per heavy atom. The van der Waals surface area contributed by atoms with Crippen LogP contribution in [0.25, 0.3) is 0 Å². The van der Waals surface area contributed by atoms with Crippen LogP contribution in [0.15, 0.2) is 0 Å². The number of nitriles is 1. The van der Waals surface area contributed by atoms with Gasteiger partial charge in [0.15, 0.2) is 0 Å². The minimum absolute atomic E-state index is 0.218. The zero-order chi connectivity index (χ0) is 15.2. The lowest BCUT2D eigenvalue weighted by Gasteiger charge is -2.39. The molecule has 21 heavy (non-hydrogen) atoms.